The van der Waals surface area contributed by atoms with Crippen LogP contribution in [0, 0.1) is 6.42 Å². The van der Waals surface area contributed by atoms with Crippen molar-refractivity contribution in [3.05, 3.63) is 36.2 Å². The summed E-state index contributed by atoms with van der Waals surface area (Å²) in [5.41, 5.74) is 1.02. The fourth-order valence-electron chi connectivity index (χ4n) is 2.36. The van der Waals surface area contributed by atoms with Gasteiger partial charge in [-0.2, -0.15) is 0 Å². The van der Waals surface area contributed by atoms with Crippen LogP contribution in [0.1, 0.15) is 18.4 Å². The van der Waals surface area contributed by atoms with Gasteiger partial charge in [-0.25, -0.2) is 0 Å². The predicted molar refractivity (Wildman–Crippen MR) is 84.3 cm³/mol. The molecule has 1 amide bonds. The summed E-state index contributed by atoms with van der Waals surface area (Å²) in [6.07, 6.45) is 5.17. The van der Waals surface area contributed by atoms with Crippen molar-refractivity contribution in [2.75, 3.05) is 40.3 Å². The van der Waals surface area contributed by atoms with Crippen LogP contribution in [0.2, 0.25) is 0 Å². The summed E-state index contributed by atoms with van der Waals surface area (Å²) in [7, 11) is 3.55. The van der Waals surface area contributed by atoms with Crippen LogP contribution in [0.25, 0.3) is 0 Å². The fraction of sp³-hybridized carbons (Fsp3) is 0.529. The zero-order valence-electron chi connectivity index (χ0n) is 13.0. The van der Waals surface area contributed by atoms with Crippen LogP contribution in [0.3, 0.4) is 0 Å². The Balaban J connectivity index is 1.73. The molecule has 0 atom stereocenters. The Hall–Kier alpha value is -1.55. The molecule has 0 unspecified atom stereocenters. The average molecular weight is 289 g/mol. The van der Waals surface area contributed by atoms with Crippen molar-refractivity contribution in [1.82, 2.24) is 9.80 Å². The molecule has 0 bridgehead atoms. The number of nitrogens with zero attached hydrogens (tertiary/aromatic N) is 2. The van der Waals surface area contributed by atoms with Crippen LogP contribution < -0.4 is 4.74 Å². The van der Waals surface area contributed by atoms with Gasteiger partial charge in [-0.3, -0.25) is 9.69 Å². The molecule has 1 heterocycles. The maximum absolute atomic E-state index is 11.6. The van der Waals surface area contributed by atoms with Crippen LogP contribution in [0.15, 0.2) is 24.3 Å². The summed E-state index contributed by atoms with van der Waals surface area (Å²) in [4.78, 5) is 15.7. The van der Waals surface area contributed by atoms with Gasteiger partial charge in [0.2, 0.25) is 5.91 Å². The average Bonchev–Trinajstić information content (AvgIpc) is 2.50. The summed E-state index contributed by atoms with van der Waals surface area (Å²) in [5, 5.41) is 0. The minimum atomic E-state index is 0.116. The quantitative estimate of drug-likeness (QED) is 0.803. The second kappa shape index (κ2) is 8.03. The SMILES string of the molecule is CN(C)C(=O)Cc1ccc(OCCN2CC[CH]CC2)cc1. The Morgan fingerprint density at radius 2 is 1.86 bits per heavy atom. The van der Waals surface area contributed by atoms with Crippen LogP contribution >= 0.6 is 0 Å². The van der Waals surface area contributed by atoms with E-state index >= 15 is 0 Å². The largest absolute Gasteiger partial charge is 0.492 e. The minimum Gasteiger partial charge on any atom is -0.492 e. The number of likely N-dealkylation sites (N-methyl/N-ethyl adjacent to an activating group) is 1. The maximum Gasteiger partial charge on any atom is 0.226 e. The molecule has 1 aromatic carbocycles. The lowest BCUT2D eigenvalue weighted by Crippen LogP contribution is -2.33. The third-order valence-corrected chi connectivity index (χ3v) is 3.75. The van der Waals surface area contributed by atoms with E-state index in [9.17, 15) is 4.79 Å². The number of hydrogen-bond donors (Lipinski definition) is 0. The number of benzene rings is 1. The van der Waals surface area contributed by atoms with Gasteiger partial charge in [-0.1, -0.05) is 12.1 Å². The van der Waals surface area contributed by atoms with E-state index in [1.165, 1.54) is 12.8 Å². The van der Waals surface area contributed by atoms with Crippen molar-refractivity contribution in [3.63, 3.8) is 0 Å². The van der Waals surface area contributed by atoms with Gasteiger partial charge in [-0.15, -0.1) is 0 Å². The first-order valence-corrected chi connectivity index (χ1v) is 7.61. The van der Waals surface area contributed by atoms with Crippen LogP contribution in [-0.2, 0) is 11.2 Å². The molecule has 0 aliphatic carbocycles. The lowest BCUT2D eigenvalue weighted by molar-refractivity contribution is -0.127. The molecular weight excluding hydrogens is 264 g/mol. The van der Waals surface area contributed by atoms with Gasteiger partial charge >= 0.3 is 0 Å². The number of hydrogen-bond acceptors (Lipinski definition) is 3. The number of carbonyl (C=O) groups excluding carboxylic acids is 1. The van der Waals surface area contributed by atoms with Crippen LogP contribution in [0.4, 0.5) is 0 Å². The van der Waals surface area contributed by atoms with Crippen LogP contribution in [-0.4, -0.2) is 56.0 Å². The first-order valence-electron chi connectivity index (χ1n) is 7.61. The van der Waals surface area contributed by atoms with E-state index in [0.29, 0.717) is 6.42 Å². The molecule has 21 heavy (non-hydrogen) atoms. The minimum absolute atomic E-state index is 0.116. The van der Waals surface area contributed by atoms with Crippen molar-refractivity contribution in [2.45, 2.75) is 19.3 Å². The number of ether oxygens (including phenoxy) is 1. The van der Waals surface area contributed by atoms with Gasteiger partial charge in [-0.05, 0) is 50.0 Å². The first-order chi connectivity index (χ1) is 10.1. The fourth-order valence-corrected chi connectivity index (χ4v) is 2.36. The normalized spacial score (nSPS) is 15.7. The van der Waals surface area contributed by atoms with Gasteiger partial charge < -0.3 is 9.64 Å². The van der Waals surface area contributed by atoms with E-state index in [1.54, 1.807) is 19.0 Å². The van der Waals surface area contributed by atoms with Gasteiger partial charge in [0.25, 0.3) is 0 Å². The molecule has 4 nitrogen and oxygen atoms in total. The molecule has 0 spiro atoms. The van der Waals surface area contributed by atoms with Crippen molar-refractivity contribution >= 4 is 5.91 Å². The number of rotatable bonds is 6. The summed E-state index contributed by atoms with van der Waals surface area (Å²) in [6, 6.07) is 7.82. The maximum atomic E-state index is 11.6. The van der Waals surface area contributed by atoms with E-state index in [2.05, 4.69) is 11.3 Å². The second-order valence-corrected chi connectivity index (χ2v) is 5.67. The monoisotopic (exact) mass is 289 g/mol. The van der Waals surface area contributed by atoms with Gasteiger partial charge in [0.1, 0.15) is 12.4 Å². The highest BCUT2D eigenvalue weighted by atomic mass is 16.5. The Morgan fingerprint density at radius 1 is 1.19 bits per heavy atom. The Labute approximate surface area is 127 Å². The molecule has 0 saturated carbocycles. The van der Waals surface area contributed by atoms with Crippen LogP contribution in [0.5, 0.6) is 5.75 Å². The van der Waals surface area contributed by atoms with E-state index in [1.807, 2.05) is 24.3 Å². The van der Waals surface area contributed by atoms with E-state index < -0.39 is 0 Å². The van der Waals surface area contributed by atoms with E-state index in [-0.39, 0.29) is 5.91 Å². The van der Waals surface area contributed by atoms with Crippen molar-refractivity contribution in [1.29, 1.82) is 0 Å². The van der Waals surface area contributed by atoms with Crippen molar-refractivity contribution < 1.29 is 9.53 Å². The molecule has 1 aromatic rings. The highest BCUT2D eigenvalue weighted by Crippen LogP contribution is 2.13. The van der Waals surface area contributed by atoms with E-state index in [4.69, 9.17) is 4.74 Å². The third kappa shape index (κ3) is 5.38. The predicted octanol–water partition coefficient (Wildman–Crippen LogP) is 2.00. The summed E-state index contributed by atoms with van der Waals surface area (Å²) < 4.78 is 5.77. The highest BCUT2D eigenvalue weighted by molar-refractivity contribution is 5.78. The number of likely N-dealkylation sites (tertiary alicyclic amines) is 1. The number of amides is 1. The first kappa shape index (κ1) is 15.8. The number of piperidine rings is 1. The molecule has 115 valence electrons. The standard InChI is InChI=1S/C17H25N2O2/c1-18(2)17(20)14-15-6-8-16(9-7-15)21-13-12-19-10-4-3-5-11-19/h3,6-9H,4-5,10-14H2,1-2H3. The Bertz CT molecular complexity index is 437. The summed E-state index contributed by atoms with van der Waals surface area (Å²) in [5.74, 6) is 0.991. The Kier molecular flexibility index (Phi) is 6.05. The van der Waals surface area contributed by atoms with Crippen molar-refractivity contribution in [2.24, 2.45) is 0 Å². The molecule has 4 heteroatoms. The zero-order chi connectivity index (χ0) is 15.1. The molecule has 1 saturated heterocycles. The molecule has 1 aliphatic heterocycles. The Morgan fingerprint density at radius 3 is 2.48 bits per heavy atom. The van der Waals surface area contributed by atoms with Gasteiger partial charge in [0.05, 0.1) is 6.42 Å². The summed E-state index contributed by atoms with van der Waals surface area (Å²) >= 11 is 0. The third-order valence-electron chi connectivity index (χ3n) is 3.75. The molecule has 0 aromatic heterocycles. The smallest absolute Gasteiger partial charge is 0.226 e. The van der Waals surface area contributed by atoms with Crippen molar-refractivity contribution in [3.8, 4) is 5.75 Å². The molecular formula is C17H25N2O2. The van der Waals surface area contributed by atoms with Gasteiger partial charge in [0, 0.05) is 20.6 Å². The van der Waals surface area contributed by atoms with Gasteiger partial charge in [0.15, 0.2) is 0 Å². The zero-order valence-corrected chi connectivity index (χ0v) is 13.0. The lowest BCUT2D eigenvalue weighted by atomic mass is 10.1. The van der Waals surface area contributed by atoms with E-state index in [0.717, 1.165) is 37.6 Å². The molecule has 1 fully saturated rings. The lowest BCUT2D eigenvalue weighted by Gasteiger charge is -2.26. The number of carbonyl (C=O) groups is 1. The second-order valence-electron chi connectivity index (χ2n) is 5.67. The molecule has 1 radical (unpaired) electrons. The highest BCUT2D eigenvalue weighted by Gasteiger charge is 2.10. The molecule has 0 N–H and O–H groups in total. The topological polar surface area (TPSA) is 32.8 Å². The molecule has 1 aliphatic rings. The summed E-state index contributed by atoms with van der Waals surface area (Å²) in [6.45, 7) is 3.99. The molecule has 2 rings (SSSR count).